The van der Waals surface area contributed by atoms with Crippen molar-refractivity contribution in [3.8, 4) is 0 Å². The van der Waals surface area contributed by atoms with Crippen LogP contribution in [-0.4, -0.2) is 24.2 Å². The molecule has 0 aromatic heterocycles. The van der Waals surface area contributed by atoms with Crippen molar-refractivity contribution in [2.45, 2.75) is 13.1 Å². The fourth-order valence-corrected chi connectivity index (χ4v) is 0.828. The largest absolute Gasteiger partial charge is 0.280 e. The molecular weight excluding hydrogens is 138 g/mol. The predicted molar refractivity (Wildman–Crippen MR) is 48.8 cm³/mol. The molecule has 3 nitrogen and oxygen atoms in total. The monoisotopic (exact) mass is 155 g/mol. The fraction of sp³-hybridized carbons (Fsp3) is 0.500. The molecule has 64 valence electrons. The molecule has 0 bridgehead atoms. The van der Waals surface area contributed by atoms with E-state index in [2.05, 4.69) is 23.5 Å². The van der Waals surface area contributed by atoms with Crippen LogP contribution in [0.5, 0.6) is 0 Å². The summed E-state index contributed by atoms with van der Waals surface area (Å²) in [6.45, 7) is 10.9. The van der Waals surface area contributed by atoms with Crippen molar-refractivity contribution in [3.05, 3.63) is 25.3 Å². The Bertz CT molecular complexity index is 113. The summed E-state index contributed by atoms with van der Waals surface area (Å²) < 4.78 is 0. The number of hydrazine groups is 1. The lowest BCUT2D eigenvalue weighted by atomic mass is 10.4. The molecule has 0 aliphatic rings. The Morgan fingerprint density at radius 3 is 2.18 bits per heavy atom. The standard InChI is InChI=1S/C8H17N3/c1-4-6-11(7-5-2)8(3)10-9/h4-5,8,10H,1-2,6-7,9H2,3H3. The Kier molecular flexibility index (Phi) is 5.74. The topological polar surface area (TPSA) is 41.3 Å². The van der Waals surface area contributed by atoms with Gasteiger partial charge in [0, 0.05) is 13.1 Å². The summed E-state index contributed by atoms with van der Waals surface area (Å²) in [6, 6.07) is 0. The second kappa shape index (κ2) is 6.09. The highest BCUT2D eigenvalue weighted by Crippen LogP contribution is 1.93. The molecule has 0 amide bonds. The highest BCUT2D eigenvalue weighted by atomic mass is 15.4. The van der Waals surface area contributed by atoms with Crippen molar-refractivity contribution >= 4 is 0 Å². The third-order valence-electron chi connectivity index (χ3n) is 1.52. The lowest BCUT2D eigenvalue weighted by molar-refractivity contribution is 0.220. The van der Waals surface area contributed by atoms with Crippen LogP contribution in [0.4, 0.5) is 0 Å². The van der Waals surface area contributed by atoms with E-state index in [-0.39, 0.29) is 6.17 Å². The zero-order chi connectivity index (χ0) is 8.69. The van der Waals surface area contributed by atoms with Crippen molar-refractivity contribution in [2.75, 3.05) is 13.1 Å². The first-order chi connectivity index (χ1) is 5.26. The van der Waals surface area contributed by atoms with Crippen LogP contribution in [0, 0.1) is 0 Å². The Hall–Kier alpha value is -0.640. The summed E-state index contributed by atoms with van der Waals surface area (Å²) in [4.78, 5) is 2.11. The van der Waals surface area contributed by atoms with Gasteiger partial charge >= 0.3 is 0 Å². The Balaban J connectivity index is 3.84. The minimum atomic E-state index is 0.158. The molecule has 0 saturated carbocycles. The van der Waals surface area contributed by atoms with Crippen LogP contribution in [0.2, 0.25) is 0 Å². The second-order valence-corrected chi connectivity index (χ2v) is 2.37. The van der Waals surface area contributed by atoms with Gasteiger partial charge in [0.1, 0.15) is 0 Å². The highest BCUT2D eigenvalue weighted by Gasteiger charge is 2.06. The van der Waals surface area contributed by atoms with Gasteiger partial charge in [-0.2, -0.15) is 0 Å². The first-order valence-electron chi connectivity index (χ1n) is 3.68. The molecule has 0 aromatic carbocycles. The molecule has 0 radical (unpaired) electrons. The molecule has 0 aliphatic heterocycles. The molecule has 0 fully saturated rings. The van der Waals surface area contributed by atoms with Crippen LogP contribution < -0.4 is 11.3 Å². The molecular formula is C8H17N3. The van der Waals surface area contributed by atoms with Gasteiger partial charge < -0.3 is 0 Å². The average molecular weight is 155 g/mol. The van der Waals surface area contributed by atoms with Crippen LogP contribution >= 0.6 is 0 Å². The van der Waals surface area contributed by atoms with E-state index in [4.69, 9.17) is 5.84 Å². The van der Waals surface area contributed by atoms with Gasteiger partial charge in [0.15, 0.2) is 0 Å². The van der Waals surface area contributed by atoms with E-state index in [0.29, 0.717) is 0 Å². The van der Waals surface area contributed by atoms with Gasteiger partial charge in [-0.15, -0.1) is 13.2 Å². The molecule has 0 saturated heterocycles. The molecule has 0 rings (SSSR count). The molecule has 0 spiro atoms. The smallest absolute Gasteiger partial charge is 0.0703 e. The second-order valence-electron chi connectivity index (χ2n) is 2.37. The van der Waals surface area contributed by atoms with E-state index < -0.39 is 0 Å². The van der Waals surface area contributed by atoms with E-state index in [9.17, 15) is 0 Å². The van der Waals surface area contributed by atoms with E-state index in [1.165, 1.54) is 0 Å². The van der Waals surface area contributed by atoms with Crippen LogP contribution in [-0.2, 0) is 0 Å². The maximum Gasteiger partial charge on any atom is 0.0703 e. The van der Waals surface area contributed by atoms with Crippen molar-refractivity contribution in [1.29, 1.82) is 0 Å². The molecule has 0 aliphatic carbocycles. The number of nitrogens with one attached hydrogen (secondary N) is 1. The number of hydrogen-bond acceptors (Lipinski definition) is 3. The number of nitrogens with two attached hydrogens (primary N) is 1. The number of hydrogen-bond donors (Lipinski definition) is 2. The van der Waals surface area contributed by atoms with Gasteiger partial charge in [-0.3, -0.25) is 10.7 Å². The molecule has 0 aromatic rings. The van der Waals surface area contributed by atoms with Gasteiger partial charge in [-0.05, 0) is 6.92 Å². The predicted octanol–water partition coefficient (Wildman–Crippen LogP) is 0.470. The van der Waals surface area contributed by atoms with Crippen molar-refractivity contribution < 1.29 is 0 Å². The first-order valence-corrected chi connectivity index (χ1v) is 3.68. The van der Waals surface area contributed by atoms with E-state index >= 15 is 0 Å². The Labute approximate surface area is 68.5 Å². The summed E-state index contributed by atoms with van der Waals surface area (Å²) in [5, 5.41) is 0. The quantitative estimate of drug-likeness (QED) is 0.253. The summed E-state index contributed by atoms with van der Waals surface area (Å²) in [5.74, 6) is 5.27. The van der Waals surface area contributed by atoms with Crippen LogP contribution in [0.25, 0.3) is 0 Å². The Morgan fingerprint density at radius 2 is 1.91 bits per heavy atom. The van der Waals surface area contributed by atoms with Gasteiger partial charge in [-0.25, -0.2) is 5.43 Å². The zero-order valence-electron chi connectivity index (χ0n) is 7.09. The van der Waals surface area contributed by atoms with Crippen molar-refractivity contribution in [2.24, 2.45) is 5.84 Å². The first kappa shape index (κ1) is 10.4. The molecule has 1 atom stereocenters. The summed E-state index contributed by atoms with van der Waals surface area (Å²) >= 11 is 0. The maximum absolute atomic E-state index is 5.27. The van der Waals surface area contributed by atoms with Gasteiger partial charge in [0.05, 0.1) is 6.17 Å². The van der Waals surface area contributed by atoms with E-state index in [0.717, 1.165) is 13.1 Å². The van der Waals surface area contributed by atoms with E-state index in [1.807, 2.05) is 19.1 Å². The van der Waals surface area contributed by atoms with Gasteiger partial charge in [0.2, 0.25) is 0 Å². The minimum absolute atomic E-state index is 0.158. The third kappa shape index (κ3) is 3.93. The normalized spacial score (nSPS) is 13.0. The molecule has 3 N–H and O–H groups in total. The summed E-state index contributed by atoms with van der Waals surface area (Å²) in [7, 11) is 0. The number of nitrogens with zero attached hydrogens (tertiary/aromatic N) is 1. The lowest BCUT2D eigenvalue weighted by Gasteiger charge is -2.25. The van der Waals surface area contributed by atoms with Crippen LogP contribution in [0.15, 0.2) is 25.3 Å². The molecule has 1 unspecified atom stereocenters. The van der Waals surface area contributed by atoms with E-state index in [1.54, 1.807) is 0 Å². The highest BCUT2D eigenvalue weighted by molar-refractivity contribution is 4.81. The summed E-state index contributed by atoms with van der Waals surface area (Å²) in [6.07, 6.45) is 3.85. The fourth-order valence-electron chi connectivity index (χ4n) is 0.828. The third-order valence-corrected chi connectivity index (χ3v) is 1.52. The van der Waals surface area contributed by atoms with Crippen LogP contribution in [0.3, 0.4) is 0 Å². The van der Waals surface area contributed by atoms with Crippen LogP contribution in [0.1, 0.15) is 6.92 Å². The van der Waals surface area contributed by atoms with Gasteiger partial charge in [-0.1, -0.05) is 12.2 Å². The SMILES string of the molecule is C=CCN(CC=C)C(C)NN. The number of rotatable bonds is 6. The molecule has 0 heterocycles. The van der Waals surface area contributed by atoms with Crippen molar-refractivity contribution in [1.82, 2.24) is 10.3 Å². The zero-order valence-corrected chi connectivity index (χ0v) is 7.09. The van der Waals surface area contributed by atoms with Gasteiger partial charge in [0.25, 0.3) is 0 Å². The lowest BCUT2D eigenvalue weighted by Crippen LogP contribution is -2.46. The van der Waals surface area contributed by atoms with Crippen molar-refractivity contribution in [3.63, 3.8) is 0 Å². The maximum atomic E-state index is 5.27. The summed E-state index contributed by atoms with van der Waals surface area (Å²) in [5.41, 5.74) is 2.66. The molecule has 11 heavy (non-hydrogen) atoms. The minimum Gasteiger partial charge on any atom is -0.280 e. The average Bonchev–Trinajstić information content (AvgIpc) is 2.03. The molecule has 3 heteroatoms. The Morgan fingerprint density at radius 1 is 1.45 bits per heavy atom.